The lowest BCUT2D eigenvalue weighted by Crippen LogP contribution is -2.23. The number of hydrogen-bond acceptors (Lipinski definition) is 3. The number of aryl methyl sites for hydroxylation is 1. The minimum atomic E-state index is -0.0865. The summed E-state index contributed by atoms with van der Waals surface area (Å²) in [5, 5.41) is 1.13. The monoisotopic (exact) mass is 356 g/mol. The van der Waals surface area contributed by atoms with Crippen LogP contribution in [0.2, 0.25) is 5.02 Å². The van der Waals surface area contributed by atoms with Gasteiger partial charge in [-0.2, -0.15) is 0 Å². The first-order chi connectivity index (χ1) is 12.0. The Bertz CT molecular complexity index is 964. The van der Waals surface area contributed by atoms with Gasteiger partial charge in [-0.1, -0.05) is 31.5 Å². The van der Waals surface area contributed by atoms with Crippen molar-refractivity contribution in [2.75, 3.05) is 6.61 Å². The first-order valence-corrected chi connectivity index (χ1v) is 8.71. The van der Waals surface area contributed by atoms with Crippen LogP contribution in [0.15, 0.2) is 47.5 Å². The largest absolute Gasteiger partial charge is 0.492 e. The highest BCUT2D eigenvalue weighted by Crippen LogP contribution is 2.23. The van der Waals surface area contributed by atoms with Gasteiger partial charge in [0.25, 0.3) is 5.56 Å². The molecule has 0 aliphatic carbocycles. The molecule has 0 bridgehead atoms. The van der Waals surface area contributed by atoms with Crippen LogP contribution in [0.25, 0.3) is 10.9 Å². The smallest absolute Gasteiger partial charge is 0.261 e. The molecule has 0 aliphatic heterocycles. The van der Waals surface area contributed by atoms with Crippen LogP contribution in [0, 0.1) is 6.92 Å². The molecule has 0 amide bonds. The van der Waals surface area contributed by atoms with E-state index in [1.807, 2.05) is 12.1 Å². The molecule has 0 N–H and O–H groups in total. The average molecular weight is 357 g/mol. The second-order valence-electron chi connectivity index (χ2n) is 6.43. The molecule has 0 radical (unpaired) electrons. The highest BCUT2D eigenvalue weighted by Gasteiger charge is 2.07. The molecule has 0 aliphatic rings. The molecule has 25 heavy (non-hydrogen) atoms. The Balaban J connectivity index is 1.71. The molecule has 0 saturated carbocycles. The maximum absolute atomic E-state index is 12.5. The van der Waals surface area contributed by atoms with Crippen LogP contribution in [-0.4, -0.2) is 16.2 Å². The molecule has 130 valence electrons. The predicted octanol–water partition coefficient (Wildman–Crippen LogP) is 4.56. The summed E-state index contributed by atoms with van der Waals surface area (Å²) < 4.78 is 7.36. The van der Waals surface area contributed by atoms with Crippen molar-refractivity contribution in [3.63, 3.8) is 0 Å². The Morgan fingerprint density at radius 2 is 2.00 bits per heavy atom. The summed E-state index contributed by atoms with van der Waals surface area (Å²) in [6.45, 7) is 7.28. The van der Waals surface area contributed by atoms with Gasteiger partial charge in [-0.3, -0.25) is 9.36 Å². The number of benzene rings is 2. The van der Waals surface area contributed by atoms with Gasteiger partial charge in [-0.25, -0.2) is 4.98 Å². The summed E-state index contributed by atoms with van der Waals surface area (Å²) in [7, 11) is 0. The molecule has 0 fully saturated rings. The number of rotatable bonds is 5. The highest BCUT2D eigenvalue weighted by molar-refractivity contribution is 6.31. The van der Waals surface area contributed by atoms with E-state index >= 15 is 0 Å². The Kier molecular flexibility index (Phi) is 5.09. The summed E-state index contributed by atoms with van der Waals surface area (Å²) in [4.78, 5) is 16.8. The van der Waals surface area contributed by atoms with Crippen molar-refractivity contribution in [3.05, 3.63) is 69.2 Å². The van der Waals surface area contributed by atoms with E-state index in [0.717, 1.165) is 5.75 Å². The lowest BCUT2D eigenvalue weighted by Gasteiger charge is -2.13. The average Bonchev–Trinajstić information content (AvgIpc) is 2.56. The fraction of sp³-hybridized carbons (Fsp3) is 0.300. The maximum Gasteiger partial charge on any atom is 0.261 e. The molecular weight excluding hydrogens is 336 g/mol. The molecule has 0 atom stereocenters. The third-order valence-corrected chi connectivity index (χ3v) is 4.49. The van der Waals surface area contributed by atoms with E-state index < -0.39 is 0 Å². The number of aromatic nitrogens is 2. The second-order valence-corrected chi connectivity index (χ2v) is 6.86. The summed E-state index contributed by atoms with van der Waals surface area (Å²) in [6.07, 6.45) is 1.54. The van der Waals surface area contributed by atoms with Gasteiger partial charge in [0.05, 0.1) is 23.8 Å². The number of fused-ring (bicyclic) bond motifs is 1. The Labute approximate surface area is 152 Å². The number of halogens is 1. The Morgan fingerprint density at radius 1 is 1.20 bits per heavy atom. The summed E-state index contributed by atoms with van der Waals surface area (Å²) >= 11 is 5.94. The molecule has 3 aromatic rings. The SMILES string of the molecule is Cc1cc(OCCn2cnc3cc(Cl)ccc3c2=O)ccc1C(C)C. The van der Waals surface area contributed by atoms with Gasteiger partial charge in [0.1, 0.15) is 12.4 Å². The fourth-order valence-electron chi connectivity index (χ4n) is 2.94. The van der Waals surface area contributed by atoms with Gasteiger partial charge in [0.2, 0.25) is 0 Å². The van der Waals surface area contributed by atoms with E-state index in [1.165, 1.54) is 17.5 Å². The first kappa shape index (κ1) is 17.5. The van der Waals surface area contributed by atoms with Crippen LogP contribution in [0.5, 0.6) is 5.75 Å². The zero-order valence-electron chi connectivity index (χ0n) is 14.6. The van der Waals surface area contributed by atoms with E-state index in [9.17, 15) is 4.79 Å². The van der Waals surface area contributed by atoms with Crippen LogP contribution in [-0.2, 0) is 6.54 Å². The minimum absolute atomic E-state index is 0.0865. The van der Waals surface area contributed by atoms with E-state index in [4.69, 9.17) is 16.3 Å². The summed E-state index contributed by atoms with van der Waals surface area (Å²) in [5.41, 5.74) is 3.06. The Morgan fingerprint density at radius 3 is 2.72 bits per heavy atom. The third kappa shape index (κ3) is 3.85. The van der Waals surface area contributed by atoms with Gasteiger partial charge >= 0.3 is 0 Å². The van der Waals surface area contributed by atoms with E-state index in [-0.39, 0.29) is 5.56 Å². The van der Waals surface area contributed by atoms with Gasteiger partial charge < -0.3 is 4.74 Å². The maximum atomic E-state index is 12.5. The van der Waals surface area contributed by atoms with Crippen LogP contribution < -0.4 is 10.3 Å². The molecule has 0 spiro atoms. The molecule has 4 nitrogen and oxygen atoms in total. The third-order valence-electron chi connectivity index (χ3n) is 4.25. The number of ether oxygens (including phenoxy) is 1. The van der Waals surface area contributed by atoms with Crippen molar-refractivity contribution in [2.24, 2.45) is 0 Å². The molecule has 1 heterocycles. The standard InChI is InChI=1S/C20H21ClN2O2/c1-13(2)17-7-5-16(10-14(17)3)25-9-8-23-12-22-19-11-15(21)4-6-18(19)20(23)24/h4-7,10-13H,8-9H2,1-3H3. The van der Waals surface area contributed by atoms with Crippen molar-refractivity contribution in [2.45, 2.75) is 33.2 Å². The minimum Gasteiger partial charge on any atom is -0.492 e. The zero-order chi connectivity index (χ0) is 18.0. The van der Waals surface area contributed by atoms with Crippen molar-refractivity contribution in [1.29, 1.82) is 0 Å². The normalized spacial score (nSPS) is 11.2. The highest BCUT2D eigenvalue weighted by atomic mass is 35.5. The van der Waals surface area contributed by atoms with Gasteiger partial charge in [-0.15, -0.1) is 0 Å². The molecule has 3 rings (SSSR count). The van der Waals surface area contributed by atoms with Crippen LogP contribution in [0.1, 0.15) is 30.9 Å². The number of hydrogen-bond donors (Lipinski definition) is 0. The molecule has 0 saturated heterocycles. The van der Waals surface area contributed by atoms with Crippen LogP contribution in [0.3, 0.4) is 0 Å². The quantitative estimate of drug-likeness (QED) is 0.673. The van der Waals surface area contributed by atoms with E-state index in [2.05, 4.69) is 31.8 Å². The van der Waals surface area contributed by atoms with Crippen molar-refractivity contribution < 1.29 is 4.74 Å². The molecular formula is C20H21ClN2O2. The fourth-order valence-corrected chi connectivity index (χ4v) is 3.10. The van der Waals surface area contributed by atoms with Crippen LogP contribution in [0.4, 0.5) is 0 Å². The van der Waals surface area contributed by atoms with E-state index in [1.54, 1.807) is 22.8 Å². The number of nitrogens with zero attached hydrogens (tertiary/aromatic N) is 2. The van der Waals surface area contributed by atoms with Crippen LogP contribution >= 0.6 is 11.6 Å². The molecule has 5 heteroatoms. The van der Waals surface area contributed by atoms with Crippen molar-refractivity contribution in [1.82, 2.24) is 9.55 Å². The van der Waals surface area contributed by atoms with Gasteiger partial charge in [0.15, 0.2) is 0 Å². The summed E-state index contributed by atoms with van der Waals surface area (Å²) in [6, 6.07) is 11.2. The summed E-state index contributed by atoms with van der Waals surface area (Å²) in [5.74, 6) is 1.31. The Hall–Kier alpha value is -2.33. The van der Waals surface area contributed by atoms with Gasteiger partial charge in [-0.05, 0) is 54.3 Å². The van der Waals surface area contributed by atoms with E-state index in [0.29, 0.717) is 35.0 Å². The second kappa shape index (κ2) is 7.28. The first-order valence-electron chi connectivity index (χ1n) is 8.34. The molecule has 2 aromatic carbocycles. The predicted molar refractivity (Wildman–Crippen MR) is 102 cm³/mol. The topological polar surface area (TPSA) is 44.1 Å². The zero-order valence-corrected chi connectivity index (χ0v) is 15.4. The lowest BCUT2D eigenvalue weighted by atomic mass is 9.98. The van der Waals surface area contributed by atoms with Crippen molar-refractivity contribution >= 4 is 22.5 Å². The van der Waals surface area contributed by atoms with Gasteiger partial charge in [0, 0.05) is 5.02 Å². The van der Waals surface area contributed by atoms with Crippen molar-refractivity contribution in [3.8, 4) is 5.75 Å². The molecule has 0 unspecified atom stereocenters. The molecule has 1 aromatic heterocycles. The lowest BCUT2D eigenvalue weighted by molar-refractivity contribution is 0.295.